The monoisotopic (exact) mass is 416 g/mol. The Hall–Kier alpha value is -2.74. The molecule has 0 bridgehead atoms. The summed E-state index contributed by atoms with van der Waals surface area (Å²) < 4.78 is 11.8. The van der Waals surface area contributed by atoms with Crippen molar-refractivity contribution in [2.24, 2.45) is 0 Å². The van der Waals surface area contributed by atoms with Gasteiger partial charge in [0.25, 0.3) is 0 Å². The van der Waals surface area contributed by atoms with Crippen LogP contribution in [0.25, 0.3) is 0 Å². The first-order valence-electron chi connectivity index (χ1n) is 11.8. The van der Waals surface area contributed by atoms with Crippen LogP contribution in [0, 0.1) is 0 Å². The van der Waals surface area contributed by atoms with Gasteiger partial charge in [-0.05, 0) is 85.2 Å². The van der Waals surface area contributed by atoms with Crippen molar-refractivity contribution in [1.82, 2.24) is 0 Å². The zero-order chi connectivity index (χ0) is 21.7. The largest absolute Gasteiger partial charge is 0.494 e. The van der Waals surface area contributed by atoms with Gasteiger partial charge in [-0.1, -0.05) is 69.5 Å². The minimum absolute atomic E-state index is 0.804. The summed E-state index contributed by atoms with van der Waals surface area (Å²) in [5.74, 6) is 2.78. The summed E-state index contributed by atoms with van der Waals surface area (Å²) in [4.78, 5) is 0. The molecule has 0 saturated heterocycles. The second kappa shape index (κ2) is 12.8. The first-order valence-corrected chi connectivity index (χ1v) is 11.8. The number of hydrogen-bond donors (Lipinski definition) is 0. The van der Waals surface area contributed by atoms with E-state index in [-0.39, 0.29) is 0 Å². The van der Waals surface area contributed by atoms with E-state index in [1.807, 2.05) is 12.1 Å². The zero-order valence-electron chi connectivity index (χ0n) is 19.1. The average molecular weight is 417 g/mol. The summed E-state index contributed by atoms with van der Waals surface area (Å²) in [5, 5.41) is 0. The lowest BCUT2D eigenvalue weighted by Gasteiger charge is -2.08. The molecule has 0 unspecified atom stereocenters. The van der Waals surface area contributed by atoms with Gasteiger partial charge in [0.1, 0.15) is 17.2 Å². The maximum absolute atomic E-state index is 5.94. The first kappa shape index (κ1) is 22.9. The fourth-order valence-electron chi connectivity index (χ4n) is 3.67. The van der Waals surface area contributed by atoms with Crippen molar-refractivity contribution in [1.29, 1.82) is 0 Å². The van der Waals surface area contributed by atoms with E-state index < -0.39 is 0 Å². The van der Waals surface area contributed by atoms with E-state index in [9.17, 15) is 0 Å². The summed E-state index contributed by atoms with van der Waals surface area (Å²) in [6.45, 7) is 5.18. The standard InChI is InChI=1S/C29H36O2/c1-3-9-25-13-17-27(18-14-25)30-23-8-6-5-7-10-26-15-21-29(22-16-26)31-28-19-11-24(4-2)12-20-28/h11-22H,3-10,23H2,1-2H3. The normalized spacial score (nSPS) is 10.8. The third-order valence-corrected chi connectivity index (χ3v) is 5.58. The Labute approximate surface area is 188 Å². The molecule has 0 radical (unpaired) electrons. The summed E-state index contributed by atoms with van der Waals surface area (Å²) in [6.07, 6.45) is 9.27. The van der Waals surface area contributed by atoms with Gasteiger partial charge in [0.15, 0.2) is 0 Å². The van der Waals surface area contributed by atoms with Gasteiger partial charge in [-0.15, -0.1) is 0 Å². The molecule has 2 heteroatoms. The molecule has 2 nitrogen and oxygen atoms in total. The highest BCUT2D eigenvalue weighted by Gasteiger charge is 2.00. The van der Waals surface area contributed by atoms with E-state index in [2.05, 4.69) is 74.5 Å². The Morgan fingerprint density at radius 3 is 1.61 bits per heavy atom. The van der Waals surface area contributed by atoms with Crippen molar-refractivity contribution in [3.8, 4) is 17.2 Å². The molecule has 0 aliphatic carbocycles. The Morgan fingerprint density at radius 1 is 0.516 bits per heavy atom. The minimum atomic E-state index is 0.804. The van der Waals surface area contributed by atoms with Gasteiger partial charge in [-0.2, -0.15) is 0 Å². The molecule has 3 rings (SSSR count). The average Bonchev–Trinajstić information content (AvgIpc) is 2.81. The van der Waals surface area contributed by atoms with Crippen LogP contribution >= 0.6 is 0 Å². The molecule has 0 heterocycles. The molecule has 0 atom stereocenters. The predicted octanol–water partition coefficient (Wildman–Crippen LogP) is 8.18. The molecule has 0 aromatic heterocycles. The molecule has 0 aliphatic heterocycles. The number of benzene rings is 3. The van der Waals surface area contributed by atoms with Crippen LogP contribution in [-0.4, -0.2) is 6.61 Å². The van der Waals surface area contributed by atoms with Crippen molar-refractivity contribution >= 4 is 0 Å². The Morgan fingerprint density at radius 2 is 1.03 bits per heavy atom. The number of unbranched alkanes of at least 4 members (excludes halogenated alkanes) is 3. The van der Waals surface area contributed by atoms with E-state index in [0.29, 0.717) is 0 Å². The Balaban J connectivity index is 1.28. The fourth-order valence-corrected chi connectivity index (χ4v) is 3.67. The van der Waals surface area contributed by atoms with Crippen LogP contribution in [0.15, 0.2) is 72.8 Å². The minimum Gasteiger partial charge on any atom is -0.494 e. The van der Waals surface area contributed by atoms with Crippen molar-refractivity contribution in [2.45, 2.75) is 65.2 Å². The van der Waals surface area contributed by atoms with Gasteiger partial charge in [0.05, 0.1) is 6.61 Å². The summed E-state index contributed by atoms with van der Waals surface area (Å²) in [5.41, 5.74) is 4.09. The third kappa shape index (κ3) is 8.13. The van der Waals surface area contributed by atoms with E-state index in [1.54, 1.807) is 0 Å². The smallest absolute Gasteiger partial charge is 0.127 e. The Kier molecular flexibility index (Phi) is 9.50. The summed E-state index contributed by atoms with van der Waals surface area (Å²) in [7, 11) is 0. The van der Waals surface area contributed by atoms with Crippen LogP contribution in [0.1, 0.15) is 62.6 Å². The number of aryl methyl sites for hydroxylation is 3. The van der Waals surface area contributed by atoms with Crippen LogP contribution in [0.5, 0.6) is 17.2 Å². The number of ether oxygens (including phenoxy) is 2. The van der Waals surface area contributed by atoms with E-state index in [4.69, 9.17) is 9.47 Å². The highest BCUT2D eigenvalue weighted by molar-refractivity contribution is 5.34. The van der Waals surface area contributed by atoms with Crippen molar-refractivity contribution in [3.05, 3.63) is 89.5 Å². The highest BCUT2D eigenvalue weighted by Crippen LogP contribution is 2.23. The quantitative estimate of drug-likeness (QED) is 0.262. The van der Waals surface area contributed by atoms with Crippen LogP contribution in [-0.2, 0) is 19.3 Å². The SMILES string of the molecule is CCCc1ccc(OCCCCCCc2ccc(Oc3ccc(CC)cc3)cc2)cc1. The molecule has 0 N–H and O–H groups in total. The van der Waals surface area contributed by atoms with Crippen molar-refractivity contribution in [3.63, 3.8) is 0 Å². The van der Waals surface area contributed by atoms with E-state index in [0.717, 1.165) is 49.5 Å². The fraction of sp³-hybridized carbons (Fsp3) is 0.379. The molecule has 3 aromatic carbocycles. The van der Waals surface area contributed by atoms with Crippen LogP contribution in [0.3, 0.4) is 0 Å². The Bertz CT molecular complexity index is 864. The molecule has 0 fully saturated rings. The van der Waals surface area contributed by atoms with Crippen molar-refractivity contribution in [2.75, 3.05) is 6.61 Å². The molecule has 3 aromatic rings. The second-order valence-corrected chi connectivity index (χ2v) is 8.15. The predicted molar refractivity (Wildman–Crippen MR) is 130 cm³/mol. The van der Waals surface area contributed by atoms with E-state index >= 15 is 0 Å². The van der Waals surface area contributed by atoms with Gasteiger partial charge in [-0.25, -0.2) is 0 Å². The van der Waals surface area contributed by atoms with Gasteiger partial charge in [-0.3, -0.25) is 0 Å². The van der Waals surface area contributed by atoms with Crippen LogP contribution in [0.4, 0.5) is 0 Å². The zero-order valence-corrected chi connectivity index (χ0v) is 19.1. The van der Waals surface area contributed by atoms with Gasteiger partial charge in [0, 0.05) is 0 Å². The summed E-state index contributed by atoms with van der Waals surface area (Å²) in [6, 6.07) is 25.4. The summed E-state index contributed by atoms with van der Waals surface area (Å²) >= 11 is 0. The maximum Gasteiger partial charge on any atom is 0.127 e. The maximum atomic E-state index is 5.94. The molecule has 0 saturated carbocycles. The lowest BCUT2D eigenvalue weighted by Crippen LogP contribution is -1.97. The molecule has 0 amide bonds. The molecular formula is C29H36O2. The second-order valence-electron chi connectivity index (χ2n) is 8.15. The third-order valence-electron chi connectivity index (χ3n) is 5.58. The molecule has 164 valence electrons. The highest BCUT2D eigenvalue weighted by atomic mass is 16.5. The van der Waals surface area contributed by atoms with Crippen LogP contribution < -0.4 is 9.47 Å². The molecule has 0 spiro atoms. The van der Waals surface area contributed by atoms with Gasteiger partial charge in [0.2, 0.25) is 0 Å². The van der Waals surface area contributed by atoms with Crippen molar-refractivity contribution < 1.29 is 9.47 Å². The molecule has 0 aliphatic rings. The lowest BCUT2D eigenvalue weighted by atomic mass is 10.1. The first-order chi connectivity index (χ1) is 15.3. The molecular weight excluding hydrogens is 380 g/mol. The lowest BCUT2D eigenvalue weighted by molar-refractivity contribution is 0.304. The topological polar surface area (TPSA) is 18.5 Å². The number of rotatable bonds is 13. The van der Waals surface area contributed by atoms with Crippen LogP contribution in [0.2, 0.25) is 0 Å². The van der Waals surface area contributed by atoms with Gasteiger partial charge >= 0.3 is 0 Å². The number of hydrogen-bond acceptors (Lipinski definition) is 2. The van der Waals surface area contributed by atoms with Gasteiger partial charge < -0.3 is 9.47 Å². The molecule has 31 heavy (non-hydrogen) atoms. The van der Waals surface area contributed by atoms with E-state index in [1.165, 1.54) is 42.4 Å².